The summed E-state index contributed by atoms with van der Waals surface area (Å²) in [6.45, 7) is 6.26. The maximum absolute atomic E-state index is 12.9. The van der Waals surface area contributed by atoms with E-state index in [1.807, 2.05) is 18.7 Å². The van der Waals surface area contributed by atoms with Crippen molar-refractivity contribution in [3.8, 4) is 0 Å². The van der Waals surface area contributed by atoms with Crippen molar-refractivity contribution in [3.05, 3.63) is 21.9 Å². The maximum Gasteiger partial charge on any atom is 0.244 e. The third-order valence-corrected chi connectivity index (χ3v) is 6.67. The van der Waals surface area contributed by atoms with Gasteiger partial charge < -0.3 is 4.90 Å². The maximum atomic E-state index is 12.9. The van der Waals surface area contributed by atoms with E-state index >= 15 is 0 Å². The van der Waals surface area contributed by atoms with Gasteiger partial charge in [0.1, 0.15) is 6.17 Å². The second-order valence-corrected chi connectivity index (χ2v) is 8.38. The predicted molar refractivity (Wildman–Crippen MR) is 86.2 cm³/mol. The smallest absolute Gasteiger partial charge is 0.244 e. The first-order valence-corrected chi connectivity index (χ1v) is 9.27. The number of thiophene rings is 1. The van der Waals surface area contributed by atoms with Gasteiger partial charge in [0.05, 0.1) is 5.54 Å². The lowest BCUT2D eigenvalue weighted by atomic mass is 9.99. The number of nitrogens with zero attached hydrogens (tertiary/aromatic N) is 1. The van der Waals surface area contributed by atoms with Crippen molar-refractivity contribution in [3.63, 3.8) is 0 Å². The highest BCUT2D eigenvalue weighted by molar-refractivity contribution is 7.99. The normalized spacial score (nSPS) is 34.1. The standard InChI is InChI=1S/C15H22N2OS2/c1-4-15(3)14(18)17(11-7-8-19-9-11)13(16-15)12-6-5-10(2)20-12/h5-6,11,13,16H,4,7-9H2,1-3H3. The summed E-state index contributed by atoms with van der Waals surface area (Å²) in [5.41, 5.74) is -0.407. The van der Waals surface area contributed by atoms with E-state index in [4.69, 9.17) is 0 Å². The summed E-state index contributed by atoms with van der Waals surface area (Å²) in [5.74, 6) is 2.53. The van der Waals surface area contributed by atoms with Crippen LogP contribution in [0.2, 0.25) is 0 Å². The lowest BCUT2D eigenvalue weighted by Crippen LogP contribution is -2.45. The van der Waals surface area contributed by atoms with Crippen LogP contribution in [0.3, 0.4) is 0 Å². The van der Waals surface area contributed by atoms with E-state index in [2.05, 4.69) is 36.2 Å². The summed E-state index contributed by atoms with van der Waals surface area (Å²) in [5, 5.41) is 3.60. The van der Waals surface area contributed by atoms with Crippen molar-refractivity contribution < 1.29 is 4.79 Å². The zero-order chi connectivity index (χ0) is 14.3. The third kappa shape index (κ3) is 2.30. The van der Waals surface area contributed by atoms with E-state index in [0.717, 1.165) is 18.6 Å². The van der Waals surface area contributed by atoms with E-state index in [0.29, 0.717) is 6.04 Å². The molecule has 0 saturated carbocycles. The van der Waals surface area contributed by atoms with Crippen LogP contribution < -0.4 is 5.32 Å². The van der Waals surface area contributed by atoms with Crippen LogP contribution in [0.1, 0.15) is 42.6 Å². The average molecular weight is 310 g/mol. The first-order chi connectivity index (χ1) is 9.55. The SMILES string of the molecule is CCC1(C)NC(c2ccc(C)s2)N(C2CCSC2)C1=O. The quantitative estimate of drug-likeness (QED) is 0.931. The lowest BCUT2D eigenvalue weighted by molar-refractivity contribution is -0.134. The van der Waals surface area contributed by atoms with E-state index in [9.17, 15) is 4.79 Å². The molecule has 3 heterocycles. The van der Waals surface area contributed by atoms with Crippen LogP contribution in [0.4, 0.5) is 0 Å². The molecule has 110 valence electrons. The number of hydrogen-bond donors (Lipinski definition) is 1. The Bertz CT molecular complexity index is 510. The highest BCUT2D eigenvalue weighted by atomic mass is 32.2. The van der Waals surface area contributed by atoms with Gasteiger partial charge >= 0.3 is 0 Å². The average Bonchev–Trinajstić information content (AvgIpc) is 3.12. The monoisotopic (exact) mass is 310 g/mol. The molecule has 2 aliphatic heterocycles. The van der Waals surface area contributed by atoms with Crippen molar-refractivity contribution in [2.75, 3.05) is 11.5 Å². The van der Waals surface area contributed by atoms with Gasteiger partial charge in [0.15, 0.2) is 0 Å². The molecule has 1 aromatic rings. The number of carbonyl (C=O) groups is 1. The Hall–Kier alpha value is -0.520. The highest BCUT2D eigenvalue weighted by Gasteiger charge is 2.50. The molecule has 0 spiro atoms. The molecule has 3 unspecified atom stereocenters. The minimum atomic E-state index is -0.407. The molecule has 1 aromatic heterocycles. The summed E-state index contributed by atoms with van der Waals surface area (Å²) >= 11 is 3.76. The van der Waals surface area contributed by atoms with Crippen LogP contribution in [0.25, 0.3) is 0 Å². The first-order valence-electron chi connectivity index (χ1n) is 7.29. The van der Waals surface area contributed by atoms with Crippen LogP contribution in [-0.2, 0) is 4.79 Å². The Labute approximate surface area is 129 Å². The zero-order valence-electron chi connectivity index (χ0n) is 12.3. The fourth-order valence-electron chi connectivity index (χ4n) is 3.02. The summed E-state index contributed by atoms with van der Waals surface area (Å²) in [6, 6.07) is 4.71. The number of carbonyl (C=O) groups excluding carboxylic acids is 1. The number of thioether (sulfide) groups is 1. The van der Waals surface area contributed by atoms with Crippen molar-refractivity contribution >= 4 is 29.0 Å². The van der Waals surface area contributed by atoms with Crippen LogP contribution in [-0.4, -0.2) is 33.9 Å². The number of amides is 1. The fourth-order valence-corrected chi connectivity index (χ4v) is 5.15. The fraction of sp³-hybridized carbons (Fsp3) is 0.667. The minimum absolute atomic E-state index is 0.0647. The van der Waals surface area contributed by atoms with Gasteiger partial charge in [0.25, 0.3) is 0 Å². The molecule has 0 aromatic carbocycles. The number of rotatable bonds is 3. The molecular formula is C15H22N2OS2. The molecule has 20 heavy (non-hydrogen) atoms. The highest BCUT2D eigenvalue weighted by Crippen LogP contribution is 2.39. The zero-order valence-corrected chi connectivity index (χ0v) is 13.9. The first kappa shape index (κ1) is 14.4. The molecule has 2 saturated heterocycles. The summed E-state index contributed by atoms with van der Waals surface area (Å²) < 4.78 is 0. The van der Waals surface area contributed by atoms with Gasteiger partial charge in [-0.3, -0.25) is 10.1 Å². The van der Waals surface area contributed by atoms with E-state index in [1.165, 1.54) is 15.5 Å². The minimum Gasteiger partial charge on any atom is -0.317 e. The van der Waals surface area contributed by atoms with Gasteiger partial charge in [-0.25, -0.2) is 0 Å². The van der Waals surface area contributed by atoms with E-state index in [1.54, 1.807) is 11.3 Å². The van der Waals surface area contributed by atoms with Crippen molar-refractivity contribution in [2.45, 2.75) is 51.4 Å². The second-order valence-electron chi connectivity index (χ2n) is 5.91. The Morgan fingerprint density at radius 3 is 2.85 bits per heavy atom. The van der Waals surface area contributed by atoms with Gasteiger partial charge in [0.2, 0.25) is 5.91 Å². The third-order valence-electron chi connectivity index (χ3n) is 4.48. The largest absolute Gasteiger partial charge is 0.317 e. The van der Waals surface area contributed by atoms with Crippen molar-refractivity contribution in [1.29, 1.82) is 0 Å². The molecule has 5 heteroatoms. The number of aryl methyl sites for hydroxylation is 1. The van der Waals surface area contributed by atoms with Gasteiger partial charge in [-0.2, -0.15) is 11.8 Å². The van der Waals surface area contributed by atoms with Gasteiger partial charge in [-0.15, -0.1) is 11.3 Å². The van der Waals surface area contributed by atoms with E-state index in [-0.39, 0.29) is 12.1 Å². The molecule has 0 radical (unpaired) electrons. The van der Waals surface area contributed by atoms with Crippen LogP contribution in [0, 0.1) is 6.92 Å². The molecule has 0 aliphatic carbocycles. The van der Waals surface area contributed by atoms with Crippen LogP contribution in [0.15, 0.2) is 12.1 Å². The van der Waals surface area contributed by atoms with Gasteiger partial charge in [0, 0.05) is 21.5 Å². The van der Waals surface area contributed by atoms with Gasteiger partial charge in [-0.1, -0.05) is 6.92 Å². The molecule has 2 aliphatic rings. The number of nitrogens with one attached hydrogen (secondary N) is 1. The molecule has 3 rings (SSSR count). The summed E-state index contributed by atoms with van der Waals surface area (Å²) in [6.07, 6.45) is 2.02. The Morgan fingerprint density at radius 2 is 2.30 bits per heavy atom. The Balaban J connectivity index is 1.95. The molecule has 3 atom stereocenters. The molecule has 3 nitrogen and oxygen atoms in total. The molecule has 0 bridgehead atoms. The van der Waals surface area contributed by atoms with Crippen LogP contribution in [0.5, 0.6) is 0 Å². The summed E-state index contributed by atoms with van der Waals surface area (Å²) in [7, 11) is 0. The molecule has 1 N–H and O–H groups in total. The predicted octanol–water partition coefficient (Wildman–Crippen LogP) is 3.16. The number of hydrogen-bond acceptors (Lipinski definition) is 4. The molecule has 1 amide bonds. The second kappa shape index (κ2) is 5.35. The van der Waals surface area contributed by atoms with E-state index < -0.39 is 5.54 Å². The van der Waals surface area contributed by atoms with Gasteiger partial charge in [-0.05, 0) is 44.6 Å². The van der Waals surface area contributed by atoms with Crippen LogP contribution >= 0.6 is 23.1 Å². The Morgan fingerprint density at radius 1 is 1.50 bits per heavy atom. The summed E-state index contributed by atoms with van der Waals surface area (Å²) in [4.78, 5) is 17.6. The Kier molecular flexibility index (Phi) is 3.86. The molecule has 2 fully saturated rings. The topological polar surface area (TPSA) is 32.3 Å². The van der Waals surface area contributed by atoms with Crippen molar-refractivity contribution in [2.24, 2.45) is 0 Å². The van der Waals surface area contributed by atoms with Crippen molar-refractivity contribution in [1.82, 2.24) is 10.2 Å². The molecular weight excluding hydrogens is 288 g/mol. The lowest BCUT2D eigenvalue weighted by Gasteiger charge is -2.29.